The highest BCUT2D eigenvalue weighted by Crippen LogP contribution is 2.50. The predicted molar refractivity (Wildman–Crippen MR) is 177 cm³/mol. The van der Waals surface area contributed by atoms with Crippen LogP contribution in [0.1, 0.15) is 81.2 Å². The maximum atomic E-state index is 9.27. The first-order valence-electron chi connectivity index (χ1n) is 13.8. The number of fused-ring (bicyclic) bond motifs is 3. The third-order valence-electron chi connectivity index (χ3n) is 6.97. The fourth-order valence-corrected chi connectivity index (χ4v) is 11.4. The summed E-state index contributed by atoms with van der Waals surface area (Å²) in [6.45, 7) is 4.51. The molecule has 0 aromatic carbocycles. The summed E-state index contributed by atoms with van der Waals surface area (Å²) in [5.74, 6) is 0. The van der Waals surface area contributed by atoms with E-state index in [0.717, 1.165) is 11.3 Å². The monoisotopic (exact) mass is 604 g/mol. The molecule has 0 radical (unpaired) electrons. The second kappa shape index (κ2) is 13.4. The van der Waals surface area contributed by atoms with Crippen LogP contribution < -0.4 is 0 Å². The van der Waals surface area contributed by atoms with E-state index in [1.165, 1.54) is 107 Å². The van der Waals surface area contributed by atoms with Gasteiger partial charge in [0.15, 0.2) is 0 Å². The summed E-state index contributed by atoms with van der Waals surface area (Å²) in [5, 5.41) is 20.8. The van der Waals surface area contributed by atoms with Crippen molar-refractivity contribution >= 4 is 81.6 Å². The normalized spacial score (nSPS) is 11.3. The molecule has 0 aliphatic rings. The van der Waals surface area contributed by atoms with Crippen LogP contribution in [0.25, 0.3) is 44.4 Å². The summed E-state index contributed by atoms with van der Waals surface area (Å²) in [4.78, 5) is 6.48. The number of allylic oxidation sites excluding steroid dienone is 1. The Balaban J connectivity index is 1.46. The van der Waals surface area contributed by atoms with Crippen LogP contribution in [0.3, 0.4) is 0 Å². The van der Waals surface area contributed by atoms with Crippen LogP contribution in [0.15, 0.2) is 35.2 Å². The molecule has 0 unspecified atom stereocenters. The molecule has 5 rings (SSSR count). The first kappa shape index (κ1) is 28.3. The minimum Gasteiger partial charge on any atom is -0.192 e. The molecule has 5 aromatic rings. The number of thiophene rings is 5. The summed E-state index contributed by atoms with van der Waals surface area (Å²) >= 11 is 9.38. The summed E-state index contributed by atoms with van der Waals surface area (Å²) in [7, 11) is 0. The van der Waals surface area contributed by atoms with Gasteiger partial charge in [0.2, 0.25) is 0 Å². The number of hydrogen-bond acceptors (Lipinski definition) is 7. The summed E-state index contributed by atoms with van der Waals surface area (Å²) in [6, 6.07) is 13.3. The Labute approximate surface area is 251 Å². The van der Waals surface area contributed by atoms with Gasteiger partial charge in [0, 0.05) is 33.8 Å². The van der Waals surface area contributed by atoms with E-state index in [1.54, 1.807) is 17.4 Å². The molecule has 0 fully saturated rings. The second-order valence-corrected chi connectivity index (χ2v) is 15.1. The van der Waals surface area contributed by atoms with Crippen molar-refractivity contribution in [1.82, 2.24) is 0 Å². The lowest BCUT2D eigenvalue weighted by Crippen LogP contribution is -1.85. The lowest BCUT2D eigenvalue weighted by Gasteiger charge is -2.02. The SMILES string of the molecule is CCCCCCc1ccsc1-c1cc2sc3cc(-c4sc(C=C(C#N)C#N)cc4CCCCCC)sc3c2s1. The Hall–Kier alpha value is -2.26. The fraction of sp³-hybridized carbons (Fsp3) is 0.375. The molecule has 0 amide bonds. The van der Waals surface area contributed by atoms with Crippen molar-refractivity contribution in [2.24, 2.45) is 0 Å². The van der Waals surface area contributed by atoms with E-state index < -0.39 is 0 Å². The molecule has 0 bridgehead atoms. The summed E-state index contributed by atoms with van der Waals surface area (Å²) in [5.41, 5.74) is 3.02. The van der Waals surface area contributed by atoms with Crippen molar-refractivity contribution in [3.05, 3.63) is 51.2 Å². The van der Waals surface area contributed by atoms with Crippen LogP contribution in [-0.2, 0) is 12.8 Å². The van der Waals surface area contributed by atoms with Crippen LogP contribution >= 0.6 is 56.7 Å². The number of aryl methyl sites for hydroxylation is 2. The first-order valence-corrected chi connectivity index (χ1v) is 18.0. The average Bonchev–Trinajstić information content (AvgIpc) is 3.75. The molecule has 39 heavy (non-hydrogen) atoms. The predicted octanol–water partition coefficient (Wildman–Crippen LogP) is 12.3. The van der Waals surface area contributed by atoms with Crippen LogP contribution in [0, 0.1) is 22.7 Å². The van der Waals surface area contributed by atoms with Gasteiger partial charge >= 0.3 is 0 Å². The molecule has 7 heteroatoms. The van der Waals surface area contributed by atoms with E-state index in [4.69, 9.17) is 0 Å². The molecule has 0 saturated carbocycles. The molecule has 0 spiro atoms. The van der Waals surface area contributed by atoms with E-state index in [0.29, 0.717) is 0 Å². The highest BCUT2D eigenvalue weighted by molar-refractivity contribution is 7.41. The van der Waals surface area contributed by atoms with E-state index in [2.05, 4.69) is 43.5 Å². The van der Waals surface area contributed by atoms with Gasteiger partial charge in [0.1, 0.15) is 17.7 Å². The number of nitrogens with zero attached hydrogens (tertiary/aromatic N) is 2. The van der Waals surface area contributed by atoms with Crippen molar-refractivity contribution in [1.29, 1.82) is 10.5 Å². The Morgan fingerprint density at radius 2 is 1.33 bits per heavy atom. The van der Waals surface area contributed by atoms with Gasteiger partial charge in [-0.15, -0.1) is 56.7 Å². The van der Waals surface area contributed by atoms with Gasteiger partial charge in [0.05, 0.1) is 9.40 Å². The zero-order valence-electron chi connectivity index (χ0n) is 22.5. The van der Waals surface area contributed by atoms with Gasteiger partial charge in [-0.05, 0) is 72.5 Å². The number of unbranched alkanes of at least 4 members (excludes halogenated alkanes) is 6. The first-order chi connectivity index (χ1) is 19.1. The fourth-order valence-electron chi connectivity index (χ4n) is 4.94. The molecule has 0 saturated heterocycles. The number of rotatable bonds is 13. The number of nitriles is 2. The molecular formula is C32H32N2S5. The topological polar surface area (TPSA) is 47.6 Å². The zero-order valence-corrected chi connectivity index (χ0v) is 26.6. The molecule has 5 aromatic heterocycles. The second-order valence-electron chi connectivity index (χ2n) is 9.89. The average molecular weight is 605 g/mol. The Kier molecular flexibility index (Phi) is 9.71. The van der Waals surface area contributed by atoms with Crippen molar-refractivity contribution < 1.29 is 0 Å². The third kappa shape index (κ3) is 6.40. The summed E-state index contributed by atoms with van der Waals surface area (Å²) in [6.07, 6.45) is 14.1. The Morgan fingerprint density at radius 1 is 0.718 bits per heavy atom. The van der Waals surface area contributed by atoms with Crippen LogP contribution in [0.2, 0.25) is 0 Å². The van der Waals surface area contributed by atoms with Gasteiger partial charge < -0.3 is 0 Å². The van der Waals surface area contributed by atoms with Crippen molar-refractivity contribution in [2.45, 2.75) is 78.1 Å². The lowest BCUT2D eigenvalue weighted by molar-refractivity contribution is 0.668. The van der Waals surface area contributed by atoms with Gasteiger partial charge in [-0.1, -0.05) is 52.4 Å². The number of hydrogen-bond donors (Lipinski definition) is 0. The van der Waals surface area contributed by atoms with E-state index in [-0.39, 0.29) is 5.57 Å². The minimum absolute atomic E-state index is 0.165. The smallest absolute Gasteiger partial charge is 0.131 e. The summed E-state index contributed by atoms with van der Waals surface area (Å²) < 4.78 is 5.59. The molecule has 0 aliphatic carbocycles. The Bertz CT molecular complexity index is 1650. The maximum Gasteiger partial charge on any atom is 0.131 e. The maximum absolute atomic E-state index is 9.27. The van der Waals surface area contributed by atoms with Crippen LogP contribution in [0.5, 0.6) is 0 Å². The highest BCUT2D eigenvalue weighted by Gasteiger charge is 2.19. The lowest BCUT2D eigenvalue weighted by atomic mass is 10.1. The zero-order chi connectivity index (χ0) is 27.2. The van der Waals surface area contributed by atoms with Crippen LogP contribution in [0.4, 0.5) is 0 Å². The molecule has 2 nitrogen and oxygen atoms in total. The van der Waals surface area contributed by atoms with Crippen molar-refractivity contribution in [3.63, 3.8) is 0 Å². The highest BCUT2D eigenvalue weighted by atomic mass is 32.1. The molecular weight excluding hydrogens is 573 g/mol. The quantitative estimate of drug-likeness (QED) is 0.0991. The van der Waals surface area contributed by atoms with E-state index in [9.17, 15) is 10.5 Å². The standard InChI is InChI=1S/C32H32N2S5/c1-3-5-7-9-11-22-13-14-35-29(22)25-17-27-31(38-25)32-28(37-27)18-26(39-32)30-23(12-10-8-6-4-2)16-24(36-30)15-21(19-33)20-34/h13-18H,3-12H2,1-2H3. The molecule has 0 N–H and O–H groups in total. The third-order valence-corrected chi connectivity index (χ3v) is 13.2. The molecule has 0 atom stereocenters. The molecule has 5 heterocycles. The minimum atomic E-state index is 0.165. The van der Waals surface area contributed by atoms with E-state index in [1.807, 2.05) is 57.5 Å². The van der Waals surface area contributed by atoms with E-state index >= 15 is 0 Å². The van der Waals surface area contributed by atoms with Gasteiger partial charge in [0.25, 0.3) is 0 Å². The van der Waals surface area contributed by atoms with Crippen LogP contribution in [-0.4, -0.2) is 0 Å². The van der Waals surface area contributed by atoms with Crippen molar-refractivity contribution in [2.75, 3.05) is 0 Å². The van der Waals surface area contributed by atoms with Gasteiger partial charge in [-0.25, -0.2) is 0 Å². The Morgan fingerprint density at radius 3 is 1.95 bits per heavy atom. The largest absolute Gasteiger partial charge is 0.192 e. The van der Waals surface area contributed by atoms with Gasteiger partial charge in [-0.3, -0.25) is 0 Å². The molecule has 0 aliphatic heterocycles. The molecule has 200 valence electrons. The van der Waals surface area contributed by atoms with Crippen molar-refractivity contribution in [3.8, 4) is 31.6 Å². The van der Waals surface area contributed by atoms with Gasteiger partial charge in [-0.2, -0.15) is 10.5 Å².